The quantitative estimate of drug-likeness (QED) is 0.452. The van der Waals surface area contributed by atoms with Crippen LogP contribution in [0.5, 0.6) is 5.75 Å². The second kappa shape index (κ2) is 8.30. The minimum atomic E-state index is 0.359. The minimum absolute atomic E-state index is 0.359. The van der Waals surface area contributed by atoms with E-state index in [1.54, 1.807) is 0 Å². The van der Waals surface area contributed by atoms with Crippen molar-refractivity contribution in [2.45, 2.75) is 12.8 Å². The van der Waals surface area contributed by atoms with Crippen molar-refractivity contribution in [2.75, 3.05) is 12.5 Å². The topological polar surface area (TPSA) is 9.23 Å². The van der Waals surface area contributed by atoms with E-state index in [0.717, 1.165) is 30.8 Å². The maximum absolute atomic E-state index is 5.71. The van der Waals surface area contributed by atoms with E-state index in [0.29, 0.717) is 5.88 Å². The van der Waals surface area contributed by atoms with E-state index in [9.17, 15) is 0 Å². The fraction of sp³-hybridized carbons (Fsp3) is 0.222. The zero-order chi connectivity index (χ0) is 14.0. The number of rotatable bonds is 5. The molecule has 2 rings (SSSR count). The Labute approximate surface area is 125 Å². The summed E-state index contributed by atoms with van der Waals surface area (Å²) in [5.74, 6) is 7.04. The monoisotopic (exact) mass is 284 g/mol. The van der Waals surface area contributed by atoms with Crippen molar-refractivity contribution in [1.29, 1.82) is 0 Å². The van der Waals surface area contributed by atoms with E-state index in [1.165, 1.54) is 5.56 Å². The predicted molar refractivity (Wildman–Crippen MR) is 84.3 cm³/mol. The van der Waals surface area contributed by atoms with Gasteiger partial charge in [0.15, 0.2) is 0 Å². The number of hydrogen-bond acceptors (Lipinski definition) is 1. The lowest BCUT2D eigenvalue weighted by atomic mass is 10.1. The maximum Gasteiger partial charge on any atom is 0.119 e. The van der Waals surface area contributed by atoms with Crippen LogP contribution in [0.4, 0.5) is 0 Å². The van der Waals surface area contributed by atoms with Gasteiger partial charge in [0.05, 0.1) is 12.5 Å². The lowest BCUT2D eigenvalue weighted by Gasteiger charge is -2.06. The molecule has 1 nitrogen and oxygen atoms in total. The van der Waals surface area contributed by atoms with Gasteiger partial charge in [-0.1, -0.05) is 42.2 Å². The Bertz CT molecular complexity index is 564. The largest absolute Gasteiger partial charge is 0.494 e. The van der Waals surface area contributed by atoms with Crippen molar-refractivity contribution in [3.8, 4) is 17.6 Å². The summed E-state index contributed by atoms with van der Waals surface area (Å²) in [4.78, 5) is 0. The second-order valence-electron chi connectivity index (χ2n) is 4.40. The number of halogens is 1. The van der Waals surface area contributed by atoms with E-state index < -0.39 is 0 Å². The highest BCUT2D eigenvalue weighted by Gasteiger charge is 1.95. The Balaban J connectivity index is 1.74. The zero-order valence-electron chi connectivity index (χ0n) is 11.3. The Morgan fingerprint density at radius 3 is 2.40 bits per heavy atom. The van der Waals surface area contributed by atoms with E-state index >= 15 is 0 Å². The number of ether oxygens (including phenoxy) is 1. The molecule has 0 aromatic heterocycles. The molecule has 2 aromatic rings. The molecule has 0 aliphatic rings. The fourth-order valence-corrected chi connectivity index (χ4v) is 1.95. The van der Waals surface area contributed by atoms with Crippen molar-refractivity contribution in [2.24, 2.45) is 0 Å². The first-order valence-electron chi connectivity index (χ1n) is 6.70. The first-order valence-corrected chi connectivity index (χ1v) is 7.23. The molecule has 0 saturated heterocycles. The summed E-state index contributed by atoms with van der Waals surface area (Å²) in [6.45, 7) is 0.724. The van der Waals surface area contributed by atoms with Crippen molar-refractivity contribution >= 4 is 11.6 Å². The minimum Gasteiger partial charge on any atom is -0.494 e. The zero-order valence-corrected chi connectivity index (χ0v) is 12.1. The van der Waals surface area contributed by atoms with Gasteiger partial charge in [0.25, 0.3) is 0 Å². The molecule has 0 radical (unpaired) electrons. The number of aryl methyl sites for hydroxylation is 1. The molecule has 0 unspecified atom stereocenters. The highest BCUT2D eigenvalue weighted by atomic mass is 35.5. The van der Waals surface area contributed by atoms with Gasteiger partial charge in [0.1, 0.15) is 5.75 Å². The van der Waals surface area contributed by atoms with Crippen LogP contribution in [0.3, 0.4) is 0 Å². The summed E-state index contributed by atoms with van der Waals surface area (Å²) in [5.41, 5.74) is 2.31. The molecular formula is C18H17ClO. The normalized spacial score (nSPS) is 9.65. The average molecular weight is 285 g/mol. The summed E-state index contributed by atoms with van der Waals surface area (Å²) < 4.78 is 5.71. The van der Waals surface area contributed by atoms with Crippen molar-refractivity contribution in [3.63, 3.8) is 0 Å². The standard InChI is InChI=1S/C18H17ClO/c19-14-4-8-17-10-12-18(13-11-17)20-15-5-9-16-6-2-1-3-7-16/h1-3,6-7,10-13H,5,9,14-15H2. The molecule has 0 heterocycles. The molecule has 0 saturated carbocycles. The van der Waals surface area contributed by atoms with Crippen LogP contribution < -0.4 is 4.74 Å². The molecule has 0 aliphatic carbocycles. The Kier molecular flexibility index (Phi) is 6.02. The summed E-state index contributed by atoms with van der Waals surface area (Å²) in [6.07, 6.45) is 2.05. The molecular weight excluding hydrogens is 268 g/mol. The molecule has 0 N–H and O–H groups in total. The van der Waals surface area contributed by atoms with E-state index in [-0.39, 0.29) is 0 Å². The fourth-order valence-electron chi connectivity index (χ4n) is 1.88. The van der Waals surface area contributed by atoms with Crippen LogP contribution in [0.25, 0.3) is 0 Å². The van der Waals surface area contributed by atoms with Gasteiger partial charge in [0, 0.05) is 5.56 Å². The smallest absolute Gasteiger partial charge is 0.119 e. The van der Waals surface area contributed by atoms with Crippen LogP contribution >= 0.6 is 11.6 Å². The third kappa shape index (κ3) is 4.99. The van der Waals surface area contributed by atoms with Gasteiger partial charge in [0.2, 0.25) is 0 Å². The maximum atomic E-state index is 5.71. The molecule has 0 fully saturated rings. The molecule has 20 heavy (non-hydrogen) atoms. The molecule has 0 aliphatic heterocycles. The molecule has 2 aromatic carbocycles. The Hall–Kier alpha value is -1.91. The van der Waals surface area contributed by atoms with Crippen molar-refractivity contribution in [3.05, 3.63) is 65.7 Å². The van der Waals surface area contributed by atoms with E-state index in [1.807, 2.05) is 30.3 Å². The Morgan fingerprint density at radius 1 is 0.950 bits per heavy atom. The lowest BCUT2D eigenvalue weighted by molar-refractivity contribution is 0.311. The molecule has 0 amide bonds. The van der Waals surface area contributed by atoms with Crippen molar-refractivity contribution < 1.29 is 4.74 Å². The molecule has 0 spiro atoms. The van der Waals surface area contributed by atoms with E-state index in [2.05, 4.69) is 36.1 Å². The van der Waals surface area contributed by atoms with Crippen LogP contribution in [0, 0.1) is 11.8 Å². The number of hydrogen-bond donors (Lipinski definition) is 0. The number of benzene rings is 2. The van der Waals surface area contributed by atoms with Crippen LogP contribution in [0.15, 0.2) is 54.6 Å². The predicted octanol–water partition coefficient (Wildman–Crippen LogP) is 4.29. The second-order valence-corrected chi connectivity index (χ2v) is 4.66. The first kappa shape index (κ1) is 14.5. The summed E-state index contributed by atoms with van der Waals surface area (Å²) in [5, 5.41) is 0. The molecule has 2 heteroatoms. The third-order valence-corrected chi connectivity index (χ3v) is 3.01. The van der Waals surface area contributed by atoms with Gasteiger partial charge in [-0.05, 0) is 42.7 Å². The first-order chi connectivity index (χ1) is 9.88. The summed E-state index contributed by atoms with van der Waals surface area (Å²) >= 11 is 5.52. The van der Waals surface area contributed by atoms with Gasteiger partial charge in [-0.15, -0.1) is 11.6 Å². The van der Waals surface area contributed by atoms with Crippen LogP contribution in [-0.2, 0) is 6.42 Å². The van der Waals surface area contributed by atoms with Gasteiger partial charge in [-0.3, -0.25) is 0 Å². The van der Waals surface area contributed by atoms with Gasteiger partial charge >= 0.3 is 0 Å². The van der Waals surface area contributed by atoms with Crippen molar-refractivity contribution in [1.82, 2.24) is 0 Å². The van der Waals surface area contributed by atoms with Crippen LogP contribution in [0.2, 0.25) is 0 Å². The highest BCUT2D eigenvalue weighted by molar-refractivity contribution is 6.19. The SMILES string of the molecule is ClCC#Cc1ccc(OCCCc2ccccc2)cc1. The van der Waals surface area contributed by atoms with Gasteiger partial charge in [-0.25, -0.2) is 0 Å². The van der Waals surface area contributed by atoms with Gasteiger partial charge in [-0.2, -0.15) is 0 Å². The molecule has 0 atom stereocenters. The van der Waals surface area contributed by atoms with Crippen LogP contribution in [0.1, 0.15) is 17.5 Å². The number of alkyl halides is 1. The van der Waals surface area contributed by atoms with Gasteiger partial charge < -0.3 is 4.74 Å². The lowest BCUT2D eigenvalue weighted by Crippen LogP contribution is -1.99. The molecule has 0 bridgehead atoms. The summed E-state index contributed by atoms with van der Waals surface area (Å²) in [6, 6.07) is 18.2. The Morgan fingerprint density at radius 2 is 1.70 bits per heavy atom. The molecule has 102 valence electrons. The third-order valence-electron chi connectivity index (χ3n) is 2.88. The van der Waals surface area contributed by atoms with E-state index in [4.69, 9.17) is 16.3 Å². The van der Waals surface area contributed by atoms with Crippen LogP contribution in [-0.4, -0.2) is 12.5 Å². The average Bonchev–Trinajstić information content (AvgIpc) is 2.52. The highest BCUT2D eigenvalue weighted by Crippen LogP contribution is 2.12. The summed E-state index contributed by atoms with van der Waals surface area (Å²) in [7, 11) is 0.